The summed E-state index contributed by atoms with van der Waals surface area (Å²) in [6.45, 7) is 3.41. The maximum Gasteiger partial charge on any atom is 0.293 e. The molecule has 0 spiro atoms. The first-order valence-electron chi connectivity index (χ1n) is 8.92. The third-order valence-electron chi connectivity index (χ3n) is 4.46. The molecule has 0 atom stereocenters. The highest BCUT2D eigenvalue weighted by Gasteiger charge is 2.17. The number of amides is 1. The Hall–Kier alpha value is -2.64. The van der Waals surface area contributed by atoms with Gasteiger partial charge < -0.3 is 4.42 Å². The van der Waals surface area contributed by atoms with E-state index in [2.05, 4.69) is 20.3 Å². The molecular formula is C19H20ClN5O2. The van der Waals surface area contributed by atoms with Crippen molar-refractivity contribution in [2.24, 2.45) is 0 Å². The van der Waals surface area contributed by atoms with E-state index in [1.165, 1.54) is 12.8 Å². The number of carbonyl (C=O) groups is 1. The maximum absolute atomic E-state index is 12.4. The molecule has 27 heavy (non-hydrogen) atoms. The van der Waals surface area contributed by atoms with Crippen molar-refractivity contribution < 1.29 is 9.21 Å². The van der Waals surface area contributed by atoms with E-state index >= 15 is 0 Å². The molecule has 0 saturated carbocycles. The van der Waals surface area contributed by atoms with Crippen LogP contribution in [-0.4, -0.2) is 38.7 Å². The van der Waals surface area contributed by atoms with Crippen LogP contribution in [0.3, 0.4) is 0 Å². The molecule has 1 fully saturated rings. The molecule has 1 saturated heterocycles. The van der Waals surface area contributed by atoms with Crippen LogP contribution in [0.4, 0.5) is 5.95 Å². The number of furan rings is 1. The molecule has 0 radical (unpaired) electrons. The topological polar surface area (TPSA) is 76.2 Å². The van der Waals surface area contributed by atoms with Crippen molar-refractivity contribution in [3.8, 4) is 0 Å². The van der Waals surface area contributed by atoms with E-state index < -0.39 is 0 Å². The summed E-state index contributed by atoms with van der Waals surface area (Å²) < 4.78 is 7.31. The van der Waals surface area contributed by atoms with E-state index in [1.807, 2.05) is 30.3 Å². The second kappa shape index (κ2) is 7.94. The predicted octanol–water partition coefficient (Wildman–Crippen LogP) is 3.42. The zero-order chi connectivity index (χ0) is 18.6. The fourth-order valence-corrected chi connectivity index (χ4v) is 3.37. The van der Waals surface area contributed by atoms with E-state index in [9.17, 15) is 4.79 Å². The molecule has 1 N–H and O–H groups in total. The SMILES string of the molecule is O=C(Nc1ncn(Cc2cccc(Cl)c2)n1)c1ccc(CN2CCCC2)o1. The highest BCUT2D eigenvalue weighted by atomic mass is 35.5. The average molecular weight is 386 g/mol. The van der Waals surface area contributed by atoms with Gasteiger partial charge in [-0.1, -0.05) is 23.7 Å². The minimum absolute atomic E-state index is 0.236. The van der Waals surface area contributed by atoms with Gasteiger partial charge in [0.25, 0.3) is 5.91 Å². The summed E-state index contributed by atoms with van der Waals surface area (Å²) in [6, 6.07) is 11.1. The van der Waals surface area contributed by atoms with Gasteiger partial charge in [0, 0.05) is 5.02 Å². The van der Waals surface area contributed by atoms with Crippen LogP contribution in [0.15, 0.2) is 47.1 Å². The molecule has 1 aliphatic rings. The molecule has 8 heteroatoms. The molecule has 3 heterocycles. The lowest BCUT2D eigenvalue weighted by Crippen LogP contribution is -2.18. The van der Waals surface area contributed by atoms with Crippen LogP contribution in [0, 0.1) is 0 Å². The lowest BCUT2D eigenvalue weighted by atomic mass is 10.2. The van der Waals surface area contributed by atoms with Crippen LogP contribution in [0.2, 0.25) is 5.02 Å². The summed E-state index contributed by atoms with van der Waals surface area (Å²) in [4.78, 5) is 18.8. The first kappa shape index (κ1) is 17.8. The lowest BCUT2D eigenvalue weighted by Gasteiger charge is -2.11. The smallest absolute Gasteiger partial charge is 0.293 e. The number of nitrogens with one attached hydrogen (secondary N) is 1. The fraction of sp³-hybridized carbons (Fsp3) is 0.316. The second-order valence-corrected chi connectivity index (χ2v) is 7.04. The number of likely N-dealkylation sites (tertiary alicyclic amines) is 1. The van der Waals surface area contributed by atoms with Gasteiger partial charge in [0.1, 0.15) is 12.1 Å². The molecule has 0 bridgehead atoms. The Morgan fingerprint density at radius 3 is 2.85 bits per heavy atom. The molecule has 1 amide bonds. The van der Waals surface area contributed by atoms with Crippen molar-refractivity contribution >= 4 is 23.5 Å². The monoisotopic (exact) mass is 385 g/mol. The van der Waals surface area contributed by atoms with Crippen LogP contribution >= 0.6 is 11.6 Å². The third-order valence-corrected chi connectivity index (χ3v) is 4.69. The van der Waals surface area contributed by atoms with Gasteiger partial charge in [-0.05, 0) is 55.8 Å². The van der Waals surface area contributed by atoms with E-state index in [0.717, 1.165) is 31.0 Å². The summed E-state index contributed by atoms with van der Waals surface area (Å²) in [7, 11) is 0. The van der Waals surface area contributed by atoms with Crippen molar-refractivity contribution in [2.75, 3.05) is 18.4 Å². The Morgan fingerprint density at radius 1 is 1.19 bits per heavy atom. The molecule has 140 valence electrons. The minimum atomic E-state index is -0.358. The summed E-state index contributed by atoms with van der Waals surface area (Å²) in [5.41, 5.74) is 1.00. The van der Waals surface area contributed by atoms with Crippen molar-refractivity contribution in [1.29, 1.82) is 0 Å². The fourth-order valence-electron chi connectivity index (χ4n) is 3.16. The molecule has 1 aliphatic heterocycles. The van der Waals surface area contributed by atoms with Crippen LogP contribution in [0.1, 0.15) is 34.7 Å². The maximum atomic E-state index is 12.4. The number of anilines is 1. The molecule has 1 aromatic carbocycles. The Bertz CT molecular complexity index is 930. The van der Waals surface area contributed by atoms with Crippen LogP contribution in [0.5, 0.6) is 0 Å². The molecule has 2 aromatic heterocycles. The largest absolute Gasteiger partial charge is 0.455 e. The molecule has 3 aromatic rings. The molecular weight excluding hydrogens is 366 g/mol. The summed E-state index contributed by atoms with van der Waals surface area (Å²) >= 11 is 5.99. The number of halogens is 1. The zero-order valence-corrected chi connectivity index (χ0v) is 15.5. The third kappa shape index (κ3) is 4.56. The van der Waals surface area contributed by atoms with Crippen molar-refractivity contribution in [1.82, 2.24) is 19.7 Å². The predicted molar refractivity (Wildman–Crippen MR) is 102 cm³/mol. The Kier molecular flexibility index (Phi) is 5.22. The van der Waals surface area contributed by atoms with E-state index in [0.29, 0.717) is 11.6 Å². The second-order valence-electron chi connectivity index (χ2n) is 6.60. The van der Waals surface area contributed by atoms with Gasteiger partial charge in [0.15, 0.2) is 5.76 Å². The van der Waals surface area contributed by atoms with Gasteiger partial charge in [0.05, 0.1) is 13.1 Å². The van der Waals surface area contributed by atoms with Gasteiger partial charge in [-0.3, -0.25) is 15.0 Å². The van der Waals surface area contributed by atoms with E-state index in [1.54, 1.807) is 17.1 Å². The summed E-state index contributed by atoms with van der Waals surface area (Å²) in [5.74, 6) is 0.930. The number of aromatic nitrogens is 3. The summed E-state index contributed by atoms with van der Waals surface area (Å²) in [6.07, 6.45) is 4.01. The minimum Gasteiger partial charge on any atom is -0.455 e. The zero-order valence-electron chi connectivity index (χ0n) is 14.8. The van der Waals surface area contributed by atoms with E-state index in [-0.39, 0.29) is 17.6 Å². The Balaban J connectivity index is 1.35. The first-order valence-corrected chi connectivity index (χ1v) is 9.30. The average Bonchev–Trinajstić information content (AvgIpc) is 3.38. The summed E-state index contributed by atoms with van der Waals surface area (Å²) in [5, 5.41) is 7.61. The number of nitrogens with zero attached hydrogens (tertiary/aromatic N) is 4. The Morgan fingerprint density at radius 2 is 2.04 bits per heavy atom. The highest BCUT2D eigenvalue weighted by molar-refractivity contribution is 6.30. The number of carbonyl (C=O) groups excluding carboxylic acids is 1. The van der Waals surface area contributed by atoms with Crippen LogP contribution in [-0.2, 0) is 13.1 Å². The molecule has 0 aliphatic carbocycles. The number of hydrogen-bond donors (Lipinski definition) is 1. The van der Waals surface area contributed by atoms with Crippen molar-refractivity contribution in [3.63, 3.8) is 0 Å². The Labute approximate surface area is 161 Å². The first-order chi connectivity index (χ1) is 13.2. The normalized spacial score (nSPS) is 14.6. The quantitative estimate of drug-likeness (QED) is 0.703. The standard InChI is InChI=1S/C19H20ClN5O2/c20-15-5-3-4-14(10-15)11-25-13-21-19(23-25)22-18(26)17-7-6-16(27-17)12-24-8-1-2-9-24/h3-7,10,13H,1-2,8-9,11-12H2,(H,22,23,26). The van der Waals surface area contributed by atoms with Gasteiger partial charge in [0.2, 0.25) is 5.95 Å². The van der Waals surface area contributed by atoms with Gasteiger partial charge >= 0.3 is 0 Å². The van der Waals surface area contributed by atoms with Gasteiger partial charge in [-0.2, -0.15) is 0 Å². The van der Waals surface area contributed by atoms with E-state index in [4.69, 9.17) is 16.0 Å². The van der Waals surface area contributed by atoms with Crippen molar-refractivity contribution in [3.05, 3.63) is 64.8 Å². The van der Waals surface area contributed by atoms with Gasteiger partial charge in [-0.15, -0.1) is 5.10 Å². The molecule has 7 nitrogen and oxygen atoms in total. The number of benzene rings is 1. The molecule has 4 rings (SSSR count). The lowest BCUT2D eigenvalue weighted by molar-refractivity contribution is 0.0992. The molecule has 0 unspecified atom stereocenters. The highest BCUT2D eigenvalue weighted by Crippen LogP contribution is 2.16. The van der Waals surface area contributed by atoms with Gasteiger partial charge in [-0.25, -0.2) is 9.67 Å². The number of hydrogen-bond acceptors (Lipinski definition) is 5. The van der Waals surface area contributed by atoms with Crippen molar-refractivity contribution in [2.45, 2.75) is 25.9 Å². The number of rotatable bonds is 6. The van der Waals surface area contributed by atoms with Crippen LogP contribution < -0.4 is 5.32 Å². The van der Waals surface area contributed by atoms with Crippen LogP contribution in [0.25, 0.3) is 0 Å².